The van der Waals surface area contributed by atoms with E-state index in [1.165, 1.54) is 0 Å². The van der Waals surface area contributed by atoms with E-state index in [4.69, 9.17) is 11.6 Å². The molecule has 4 aromatic rings. The van der Waals surface area contributed by atoms with Crippen LogP contribution in [0, 0.1) is 12.7 Å². The van der Waals surface area contributed by atoms with E-state index >= 15 is 0 Å². The third kappa shape index (κ3) is 4.18. The molecular formula is C24H23ClFN5. The lowest BCUT2D eigenvalue weighted by atomic mass is 9.93. The molecule has 31 heavy (non-hydrogen) atoms. The van der Waals surface area contributed by atoms with E-state index in [0.717, 1.165) is 48.4 Å². The van der Waals surface area contributed by atoms with Crippen molar-refractivity contribution in [1.82, 2.24) is 24.5 Å². The molecule has 1 fully saturated rings. The predicted octanol–water partition coefficient (Wildman–Crippen LogP) is 5.27. The molecular weight excluding hydrogens is 413 g/mol. The number of benzene rings is 2. The highest BCUT2D eigenvalue weighted by Gasteiger charge is 2.25. The molecule has 1 aliphatic heterocycles. The number of fused-ring (bicyclic) bond motifs is 1. The highest BCUT2D eigenvalue weighted by Crippen LogP contribution is 2.30. The normalized spacial score (nSPS) is 17.3. The number of rotatable bonds is 4. The van der Waals surface area contributed by atoms with Gasteiger partial charge in [-0.1, -0.05) is 29.8 Å². The number of hydrogen-bond acceptors (Lipinski definition) is 4. The van der Waals surface area contributed by atoms with E-state index in [9.17, 15) is 4.39 Å². The van der Waals surface area contributed by atoms with Gasteiger partial charge in [0.05, 0.1) is 5.69 Å². The lowest BCUT2D eigenvalue weighted by molar-refractivity contribution is 0.195. The molecule has 5 rings (SSSR count). The van der Waals surface area contributed by atoms with Crippen molar-refractivity contribution < 1.29 is 4.39 Å². The third-order valence-corrected chi connectivity index (χ3v) is 6.20. The second kappa shape index (κ2) is 8.36. The Labute approximate surface area is 185 Å². The molecule has 1 unspecified atom stereocenters. The fourth-order valence-corrected chi connectivity index (χ4v) is 4.58. The van der Waals surface area contributed by atoms with Crippen molar-refractivity contribution in [2.45, 2.75) is 32.2 Å². The second-order valence-corrected chi connectivity index (χ2v) is 8.62. The van der Waals surface area contributed by atoms with E-state index < -0.39 is 0 Å². The van der Waals surface area contributed by atoms with Crippen LogP contribution in [0.4, 0.5) is 4.39 Å². The number of aryl methyl sites for hydroxylation is 1. The van der Waals surface area contributed by atoms with Crippen LogP contribution in [0.25, 0.3) is 16.9 Å². The van der Waals surface area contributed by atoms with Crippen molar-refractivity contribution in [2.75, 3.05) is 13.1 Å². The Balaban J connectivity index is 1.38. The van der Waals surface area contributed by atoms with Gasteiger partial charge in [0.15, 0.2) is 0 Å². The van der Waals surface area contributed by atoms with Gasteiger partial charge in [0, 0.05) is 35.3 Å². The average Bonchev–Trinajstić information content (AvgIpc) is 3.24. The molecule has 1 aliphatic rings. The summed E-state index contributed by atoms with van der Waals surface area (Å²) in [6.07, 6.45) is 3.67. The van der Waals surface area contributed by atoms with Gasteiger partial charge in [-0.05, 0) is 67.8 Å². The van der Waals surface area contributed by atoms with Gasteiger partial charge in [0.25, 0.3) is 5.78 Å². The average molecular weight is 436 g/mol. The summed E-state index contributed by atoms with van der Waals surface area (Å²) in [5, 5.41) is 5.06. The minimum Gasteiger partial charge on any atom is -0.298 e. The first-order valence-electron chi connectivity index (χ1n) is 10.5. The molecule has 1 atom stereocenters. The summed E-state index contributed by atoms with van der Waals surface area (Å²) in [6, 6.07) is 15.1. The zero-order valence-electron chi connectivity index (χ0n) is 17.3. The van der Waals surface area contributed by atoms with Gasteiger partial charge < -0.3 is 0 Å². The second-order valence-electron chi connectivity index (χ2n) is 8.18. The molecule has 7 heteroatoms. The maximum absolute atomic E-state index is 14.7. The Hall–Kier alpha value is -2.83. The van der Waals surface area contributed by atoms with Crippen LogP contribution in [0.1, 0.15) is 35.7 Å². The summed E-state index contributed by atoms with van der Waals surface area (Å²) in [7, 11) is 0. The minimum atomic E-state index is -0.168. The van der Waals surface area contributed by atoms with Crippen LogP contribution in [0.2, 0.25) is 5.02 Å². The third-order valence-electron chi connectivity index (χ3n) is 5.95. The molecule has 0 radical (unpaired) electrons. The van der Waals surface area contributed by atoms with Gasteiger partial charge in [-0.25, -0.2) is 13.9 Å². The zero-order chi connectivity index (χ0) is 21.4. The maximum atomic E-state index is 14.7. The number of likely N-dealkylation sites (tertiary alicyclic amines) is 1. The van der Waals surface area contributed by atoms with E-state index in [1.807, 2.05) is 47.8 Å². The van der Waals surface area contributed by atoms with Crippen molar-refractivity contribution >= 4 is 17.4 Å². The molecule has 2 aromatic heterocycles. The van der Waals surface area contributed by atoms with Crippen LogP contribution in [-0.4, -0.2) is 37.6 Å². The molecule has 1 saturated heterocycles. The summed E-state index contributed by atoms with van der Waals surface area (Å²) >= 11 is 6.01. The van der Waals surface area contributed by atoms with Crippen molar-refractivity contribution in [3.63, 3.8) is 0 Å². The van der Waals surface area contributed by atoms with Crippen LogP contribution >= 0.6 is 11.6 Å². The Bertz CT molecular complexity index is 1220. The molecule has 0 aliphatic carbocycles. The zero-order valence-corrected chi connectivity index (χ0v) is 18.1. The fourth-order valence-electron chi connectivity index (χ4n) is 4.45. The molecule has 0 N–H and O–H groups in total. The van der Waals surface area contributed by atoms with E-state index in [0.29, 0.717) is 28.8 Å². The smallest absolute Gasteiger partial charge is 0.252 e. The van der Waals surface area contributed by atoms with Gasteiger partial charge in [0.2, 0.25) is 0 Å². The molecule has 0 amide bonds. The van der Waals surface area contributed by atoms with Gasteiger partial charge in [-0.15, -0.1) is 0 Å². The highest BCUT2D eigenvalue weighted by molar-refractivity contribution is 6.30. The number of aromatic nitrogens is 4. The minimum absolute atomic E-state index is 0.168. The largest absolute Gasteiger partial charge is 0.298 e. The lowest BCUT2D eigenvalue weighted by Crippen LogP contribution is -2.35. The highest BCUT2D eigenvalue weighted by atomic mass is 35.5. The Morgan fingerprint density at radius 2 is 1.90 bits per heavy atom. The van der Waals surface area contributed by atoms with E-state index in [1.54, 1.807) is 12.4 Å². The fraction of sp³-hybridized carbons (Fsp3) is 0.292. The van der Waals surface area contributed by atoms with E-state index in [-0.39, 0.29) is 5.82 Å². The maximum Gasteiger partial charge on any atom is 0.252 e. The van der Waals surface area contributed by atoms with Gasteiger partial charge in [0.1, 0.15) is 12.1 Å². The lowest BCUT2D eigenvalue weighted by Gasteiger charge is -2.33. The van der Waals surface area contributed by atoms with Crippen molar-refractivity contribution in [3.05, 3.63) is 82.6 Å². The number of hydrogen-bond donors (Lipinski definition) is 0. The van der Waals surface area contributed by atoms with Crippen molar-refractivity contribution in [2.24, 2.45) is 0 Å². The van der Waals surface area contributed by atoms with Gasteiger partial charge in [-0.2, -0.15) is 10.1 Å². The van der Waals surface area contributed by atoms with Crippen LogP contribution < -0.4 is 0 Å². The molecule has 5 nitrogen and oxygen atoms in total. The van der Waals surface area contributed by atoms with Gasteiger partial charge >= 0.3 is 0 Å². The van der Waals surface area contributed by atoms with Crippen LogP contribution in [0.3, 0.4) is 0 Å². The van der Waals surface area contributed by atoms with E-state index in [2.05, 4.69) is 26.0 Å². The standard InChI is InChI=1S/C24H23ClFN5/c1-16-11-23(31-24(29-16)27-15-28-31)19-3-2-10-30(13-19)14-20-12-18(6-9-22(20)26)17-4-7-21(25)8-5-17/h4-9,11-12,15,19H,2-3,10,13-14H2,1H3. The first-order chi connectivity index (χ1) is 15.1. The van der Waals surface area contributed by atoms with Crippen molar-refractivity contribution in [3.8, 4) is 11.1 Å². The summed E-state index contributed by atoms with van der Waals surface area (Å²) in [4.78, 5) is 11.0. The molecule has 0 bridgehead atoms. The monoisotopic (exact) mass is 435 g/mol. The molecule has 3 heterocycles. The Kier molecular flexibility index (Phi) is 5.42. The Morgan fingerprint density at radius 1 is 1.10 bits per heavy atom. The number of halogens is 2. The first-order valence-corrected chi connectivity index (χ1v) is 10.9. The van der Waals surface area contributed by atoms with Crippen LogP contribution in [-0.2, 0) is 6.54 Å². The SMILES string of the molecule is Cc1cc(C2CCCN(Cc3cc(-c4ccc(Cl)cc4)ccc3F)C2)n2ncnc2n1. The van der Waals surface area contributed by atoms with Gasteiger partial charge in [-0.3, -0.25) is 4.90 Å². The van der Waals surface area contributed by atoms with Crippen molar-refractivity contribution in [1.29, 1.82) is 0 Å². The Morgan fingerprint density at radius 3 is 2.74 bits per heavy atom. The molecule has 2 aromatic carbocycles. The van der Waals surface area contributed by atoms with Crippen LogP contribution in [0.5, 0.6) is 0 Å². The summed E-state index contributed by atoms with van der Waals surface area (Å²) < 4.78 is 16.5. The summed E-state index contributed by atoms with van der Waals surface area (Å²) in [5.41, 5.74) is 4.80. The molecule has 0 saturated carbocycles. The molecule has 0 spiro atoms. The topological polar surface area (TPSA) is 46.3 Å². The number of piperidine rings is 1. The molecule has 158 valence electrons. The quantitative estimate of drug-likeness (QED) is 0.438. The summed E-state index contributed by atoms with van der Waals surface area (Å²) in [5.74, 6) is 0.772. The van der Waals surface area contributed by atoms with Crippen LogP contribution in [0.15, 0.2) is 54.9 Å². The number of nitrogens with zero attached hydrogens (tertiary/aromatic N) is 5. The summed E-state index contributed by atoms with van der Waals surface area (Å²) in [6.45, 7) is 4.36. The first kappa shape index (κ1) is 20.1. The predicted molar refractivity (Wildman–Crippen MR) is 120 cm³/mol.